The van der Waals surface area contributed by atoms with Crippen molar-refractivity contribution in [3.63, 3.8) is 0 Å². The Kier molecular flexibility index (Phi) is 5.35. The maximum Gasteiger partial charge on any atom is 0.234 e. The predicted octanol–water partition coefficient (Wildman–Crippen LogP) is 2.26. The number of para-hydroxylation sites is 1. The van der Waals surface area contributed by atoms with Crippen molar-refractivity contribution >= 4 is 11.6 Å². The van der Waals surface area contributed by atoms with Crippen molar-refractivity contribution in [2.45, 2.75) is 26.1 Å². The van der Waals surface area contributed by atoms with Gasteiger partial charge in [-0.2, -0.15) is 0 Å². The van der Waals surface area contributed by atoms with Crippen LogP contribution in [0.25, 0.3) is 0 Å². The first-order chi connectivity index (χ1) is 10.1. The molecule has 0 heterocycles. The van der Waals surface area contributed by atoms with Gasteiger partial charge in [0.05, 0.1) is 6.04 Å². The molecule has 4 nitrogen and oxygen atoms in total. The molecule has 1 atom stereocenters. The van der Waals surface area contributed by atoms with E-state index in [-0.39, 0.29) is 11.9 Å². The minimum Gasteiger partial charge on any atom is -0.381 e. The lowest BCUT2D eigenvalue weighted by molar-refractivity contribution is -0.119. The normalized spacial score (nSPS) is 11.9. The van der Waals surface area contributed by atoms with Gasteiger partial charge in [-0.1, -0.05) is 42.5 Å². The van der Waals surface area contributed by atoms with Crippen molar-refractivity contribution in [3.05, 3.63) is 65.7 Å². The molecule has 0 saturated carbocycles. The fourth-order valence-corrected chi connectivity index (χ4v) is 1.91. The number of hydrogen-bond donors (Lipinski definition) is 3. The maximum atomic E-state index is 10.9. The minimum atomic E-state index is -0.335. The van der Waals surface area contributed by atoms with E-state index in [0.717, 1.165) is 17.8 Å². The summed E-state index contributed by atoms with van der Waals surface area (Å²) in [6.45, 7) is 3.19. The Morgan fingerprint density at radius 2 is 1.57 bits per heavy atom. The summed E-state index contributed by atoms with van der Waals surface area (Å²) in [5, 5.41) is 6.45. The van der Waals surface area contributed by atoms with E-state index in [9.17, 15) is 4.79 Å². The molecule has 0 unspecified atom stereocenters. The van der Waals surface area contributed by atoms with Gasteiger partial charge in [0.2, 0.25) is 5.91 Å². The Morgan fingerprint density at radius 1 is 1.00 bits per heavy atom. The molecule has 0 aromatic heterocycles. The Labute approximate surface area is 125 Å². The van der Waals surface area contributed by atoms with Crippen molar-refractivity contribution in [2.24, 2.45) is 5.73 Å². The lowest BCUT2D eigenvalue weighted by Crippen LogP contribution is -2.38. The van der Waals surface area contributed by atoms with Gasteiger partial charge >= 0.3 is 0 Å². The molecule has 0 bridgehead atoms. The first kappa shape index (κ1) is 15.1. The average molecular weight is 283 g/mol. The molecule has 0 spiro atoms. The van der Waals surface area contributed by atoms with E-state index in [1.165, 1.54) is 5.56 Å². The van der Waals surface area contributed by atoms with E-state index in [0.29, 0.717) is 6.54 Å². The highest BCUT2D eigenvalue weighted by Gasteiger charge is 2.06. The van der Waals surface area contributed by atoms with Crippen LogP contribution in [0.2, 0.25) is 0 Å². The SMILES string of the molecule is C[C@H](NCc1ccc(CNc2ccccc2)cc1)C(N)=O. The predicted molar refractivity (Wildman–Crippen MR) is 85.7 cm³/mol. The number of carbonyl (C=O) groups excluding carboxylic acids is 1. The molecule has 21 heavy (non-hydrogen) atoms. The third kappa shape index (κ3) is 4.93. The van der Waals surface area contributed by atoms with Gasteiger partial charge in [0, 0.05) is 18.8 Å². The van der Waals surface area contributed by atoms with E-state index in [4.69, 9.17) is 5.73 Å². The molecule has 0 radical (unpaired) electrons. The average Bonchev–Trinajstić information content (AvgIpc) is 2.52. The number of hydrogen-bond acceptors (Lipinski definition) is 3. The Bertz CT molecular complexity index is 566. The molecule has 0 aliphatic heterocycles. The fraction of sp³-hybridized carbons (Fsp3) is 0.235. The van der Waals surface area contributed by atoms with Crippen LogP contribution in [0.3, 0.4) is 0 Å². The van der Waals surface area contributed by atoms with Crippen LogP contribution >= 0.6 is 0 Å². The maximum absolute atomic E-state index is 10.9. The molecule has 0 aliphatic carbocycles. The van der Waals surface area contributed by atoms with Gasteiger partial charge in [-0.15, -0.1) is 0 Å². The number of rotatable bonds is 7. The first-order valence-corrected chi connectivity index (χ1v) is 7.04. The van der Waals surface area contributed by atoms with E-state index < -0.39 is 0 Å². The highest BCUT2D eigenvalue weighted by Crippen LogP contribution is 2.09. The lowest BCUT2D eigenvalue weighted by Gasteiger charge is -2.11. The van der Waals surface area contributed by atoms with Crippen LogP contribution in [0, 0.1) is 0 Å². The van der Waals surface area contributed by atoms with Gasteiger partial charge in [0.25, 0.3) is 0 Å². The molecule has 4 N–H and O–H groups in total. The van der Waals surface area contributed by atoms with Crippen molar-refractivity contribution in [2.75, 3.05) is 5.32 Å². The first-order valence-electron chi connectivity index (χ1n) is 7.04. The Hall–Kier alpha value is -2.33. The molecule has 2 aromatic carbocycles. The molecule has 2 rings (SSSR count). The molecule has 0 fully saturated rings. The molecule has 4 heteroatoms. The van der Waals surface area contributed by atoms with E-state index in [1.807, 2.05) is 30.3 Å². The van der Waals surface area contributed by atoms with E-state index in [2.05, 4.69) is 34.9 Å². The summed E-state index contributed by atoms with van der Waals surface area (Å²) in [4.78, 5) is 10.9. The summed E-state index contributed by atoms with van der Waals surface area (Å²) < 4.78 is 0. The lowest BCUT2D eigenvalue weighted by atomic mass is 10.1. The number of primary amides is 1. The van der Waals surface area contributed by atoms with Crippen LogP contribution in [-0.2, 0) is 17.9 Å². The number of nitrogens with two attached hydrogens (primary N) is 1. The van der Waals surface area contributed by atoms with Gasteiger partial charge < -0.3 is 16.4 Å². The summed E-state index contributed by atoms with van der Waals surface area (Å²) in [5.41, 5.74) is 8.66. The number of anilines is 1. The third-order valence-electron chi connectivity index (χ3n) is 3.33. The second-order valence-corrected chi connectivity index (χ2v) is 5.04. The molecule has 110 valence electrons. The quantitative estimate of drug-likeness (QED) is 0.730. The zero-order valence-corrected chi connectivity index (χ0v) is 12.2. The van der Waals surface area contributed by atoms with Crippen molar-refractivity contribution in [3.8, 4) is 0 Å². The van der Waals surface area contributed by atoms with Gasteiger partial charge in [-0.25, -0.2) is 0 Å². The number of benzene rings is 2. The molecular formula is C17H21N3O. The van der Waals surface area contributed by atoms with Crippen LogP contribution in [0.4, 0.5) is 5.69 Å². The standard InChI is InChI=1S/C17H21N3O/c1-13(17(18)21)19-11-14-7-9-15(10-8-14)12-20-16-5-3-2-4-6-16/h2-10,13,19-20H,11-12H2,1H3,(H2,18,21)/t13-/m0/s1. The second kappa shape index (κ2) is 7.45. The zero-order chi connectivity index (χ0) is 15.1. The van der Waals surface area contributed by atoms with Gasteiger partial charge in [0.15, 0.2) is 0 Å². The molecule has 2 aromatic rings. The Balaban J connectivity index is 1.83. The van der Waals surface area contributed by atoms with Crippen molar-refractivity contribution < 1.29 is 4.79 Å². The number of nitrogens with one attached hydrogen (secondary N) is 2. The fourth-order valence-electron chi connectivity index (χ4n) is 1.91. The monoisotopic (exact) mass is 283 g/mol. The van der Waals surface area contributed by atoms with Crippen LogP contribution in [-0.4, -0.2) is 11.9 Å². The zero-order valence-electron chi connectivity index (χ0n) is 12.2. The largest absolute Gasteiger partial charge is 0.381 e. The molecule has 0 aliphatic rings. The van der Waals surface area contributed by atoms with Crippen molar-refractivity contribution in [1.29, 1.82) is 0 Å². The third-order valence-corrected chi connectivity index (χ3v) is 3.33. The minimum absolute atomic E-state index is 0.315. The molecule has 1 amide bonds. The van der Waals surface area contributed by atoms with Crippen LogP contribution in [0.5, 0.6) is 0 Å². The van der Waals surface area contributed by atoms with Crippen LogP contribution in [0.1, 0.15) is 18.1 Å². The van der Waals surface area contributed by atoms with Gasteiger partial charge in [-0.3, -0.25) is 4.79 Å². The molecular weight excluding hydrogens is 262 g/mol. The highest BCUT2D eigenvalue weighted by atomic mass is 16.1. The second-order valence-electron chi connectivity index (χ2n) is 5.04. The Morgan fingerprint density at radius 3 is 2.14 bits per heavy atom. The summed E-state index contributed by atoms with van der Waals surface area (Å²) in [6.07, 6.45) is 0. The number of amides is 1. The summed E-state index contributed by atoms with van der Waals surface area (Å²) in [7, 11) is 0. The van der Waals surface area contributed by atoms with Crippen LogP contribution < -0.4 is 16.4 Å². The molecule has 0 saturated heterocycles. The van der Waals surface area contributed by atoms with Crippen molar-refractivity contribution in [1.82, 2.24) is 5.32 Å². The van der Waals surface area contributed by atoms with E-state index in [1.54, 1.807) is 6.92 Å². The highest BCUT2D eigenvalue weighted by molar-refractivity contribution is 5.79. The summed E-state index contributed by atoms with van der Waals surface area (Å²) in [6, 6.07) is 18.1. The topological polar surface area (TPSA) is 67.2 Å². The summed E-state index contributed by atoms with van der Waals surface area (Å²) in [5.74, 6) is -0.335. The van der Waals surface area contributed by atoms with Crippen LogP contribution in [0.15, 0.2) is 54.6 Å². The summed E-state index contributed by atoms with van der Waals surface area (Å²) >= 11 is 0. The smallest absolute Gasteiger partial charge is 0.234 e. The van der Waals surface area contributed by atoms with Gasteiger partial charge in [-0.05, 0) is 30.2 Å². The van der Waals surface area contributed by atoms with E-state index >= 15 is 0 Å². The van der Waals surface area contributed by atoms with Gasteiger partial charge in [0.1, 0.15) is 0 Å². The number of carbonyl (C=O) groups is 1.